The van der Waals surface area contributed by atoms with Crippen LogP contribution in [0.4, 0.5) is 18.9 Å². The van der Waals surface area contributed by atoms with Gasteiger partial charge in [0.05, 0.1) is 12.2 Å². The molecule has 0 saturated carbocycles. The molecule has 0 aliphatic carbocycles. The van der Waals surface area contributed by atoms with E-state index < -0.39 is 23.3 Å². The van der Waals surface area contributed by atoms with Crippen molar-refractivity contribution in [3.63, 3.8) is 0 Å². The van der Waals surface area contributed by atoms with E-state index in [1.54, 1.807) is 73.1 Å². The SMILES string of the molecule is O=C(Nc1ccc(-c2cnc(Oc3ccc(CO)cc3)nc2)cc1)c1cn(-c2ccccn2)nc1C(F)(F)F. The van der Waals surface area contributed by atoms with Crippen LogP contribution in [-0.2, 0) is 12.8 Å². The second kappa shape index (κ2) is 10.7. The molecule has 0 spiro atoms. The summed E-state index contributed by atoms with van der Waals surface area (Å²) >= 11 is 0. The first kappa shape index (κ1) is 25.5. The third-order valence-corrected chi connectivity index (χ3v) is 5.53. The van der Waals surface area contributed by atoms with E-state index in [4.69, 9.17) is 9.84 Å². The van der Waals surface area contributed by atoms with E-state index in [-0.39, 0.29) is 24.1 Å². The smallest absolute Gasteiger partial charge is 0.424 e. The third kappa shape index (κ3) is 5.91. The highest BCUT2D eigenvalue weighted by Gasteiger charge is 2.39. The topological polar surface area (TPSA) is 115 Å². The number of ether oxygens (including phenoxy) is 1. The fourth-order valence-electron chi connectivity index (χ4n) is 3.59. The molecule has 39 heavy (non-hydrogen) atoms. The van der Waals surface area contributed by atoms with Crippen molar-refractivity contribution in [1.82, 2.24) is 24.7 Å². The van der Waals surface area contributed by atoms with Crippen LogP contribution in [0.5, 0.6) is 11.8 Å². The molecule has 5 aromatic rings. The maximum atomic E-state index is 13.6. The monoisotopic (exact) mass is 532 g/mol. The van der Waals surface area contributed by atoms with Gasteiger partial charge >= 0.3 is 12.2 Å². The zero-order valence-electron chi connectivity index (χ0n) is 20.0. The van der Waals surface area contributed by atoms with Gasteiger partial charge in [-0.15, -0.1) is 0 Å². The van der Waals surface area contributed by atoms with Crippen molar-refractivity contribution in [3.05, 3.63) is 108 Å². The van der Waals surface area contributed by atoms with Gasteiger partial charge in [0.2, 0.25) is 0 Å². The molecule has 0 aliphatic heterocycles. The standard InChI is InChI=1S/C27H19F3N6O3/c28-27(29,30)24-22(15-36(35-24)23-3-1-2-12-31-23)25(38)34-20-8-6-18(7-9-20)19-13-32-26(33-14-19)39-21-10-4-17(16-37)5-11-21/h1-15,37H,16H2,(H,34,38). The second-order valence-electron chi connectivity index (χ2n) is 8.21. The maximum Gasteiger partial charge on any atom is 0.435 e. The van der Waals surface area contributed by atoms with Gasteiger partial charge < -0.3 is 15.2 Å². The minimum absolute atomic E-state index is 0.0702. The van der Waals surface area contributed by atoms with Crippen LogP contribution >= 0.6 is 0 Å². The van der Waals surface area contributed by atoms with Gasteiger partial charge in [0.25, 0.3) is 5.91 Å². The summed E-state index contributed by atoms with van der Waals surface area (Å²) in [6.07, 6.45) is 0.681. The van der Waals surface area contributed by atoms with Crippen molar-refractivity contribution in [2.75, 3.05) is 5.32 Å². The number of benzene rings is 2. The lowest BCUT2D eigenvalue weighted by molar-refractivity contribution is -0.141. The first-order chi connectivity index (χ1) is 18.8. The summed E-state index contributed by atoms with van der Waals surface area (Å²) < 4.78 is 47.3. The Hall–Kier alpha value is -5.10. The molecule has 0 unspecified atom stereocenters. The Labute approximate surface area is 219 Å². The summed E-state index contributed by atoms with van der Waals surface area (Å²) in [7, 11) is 0. The molecule has 5 rings (SSSR count). The van der Waals surface area contributed by atoms with E-state index in [1.165, 1.54) is 12.3 Å². The van der Waals surface area contributed by atoms with Crippen LogP contribution in [0.2, 0.25) is 0 Å². The first-order valence-corrected chi connectivity index (χ1v) is 11.5. The van der Waals surface area contributed by atoms with Crippen LogP contribution in [-0.4, -0.2) is 35.7 Å². The molecule has 0 aliphatic rings. The van der Waals surface area contributed by atoms with Gasteiger partial charge in [-0.25, -0.2) is 19.6 Å². The van der Waals surface area contributed by atoms with Crippen molar-refractivity contribution in [1.29, 1.82) is 0 Å². The minimum atomic E-state index is -4.84. The minimum Gasteiger partial charge on any atom is -0.424 e. The number of amides is 1. The molecule has 1 amide bonds. The predicted octanol–water partition coefficient (Wildman–Crippen LogP) is 5.28. The quantitative estimate of drug-likeness (QED) is 0.293. The van der Waals surface area contributed by atoms with E-state index in [0.29, 0.717) is 16.9 Å². The molecule has 0 fully saturated rings. The van der Waals surface area contributed by atoms with Crippen molar-refractivity contribution in [3.8, 4) is 28.7 Å². The lowest BCUT2D eigenvalue weighted by atomic mass is 10.1. The summed E-state index contributed by atoms with van der Waals surface area (Å²) in [5.74, 6) is -0.307. The largest absolute Gasteiger partial charge is 0.435 e. The van der Waals surface area contributed by atoms with Crippen molar-refractivity contribution < 1.29 is 27.8 Å². The van der Waals surface area contributed by atoms with Gasteiger partial charge in [-0.3, -0.25) is 4.79 Å². The zero-order valence-corrected chi connectivity index (χ0v) is 20.0. The average molecular weight is 532 g/mol. The van der Waals surface area contributed by atoms with Gasteiger partial charge in [-0.1, -0.05) is 30.3 Å². The van der Waals surface area contributed by atoms with Crippen LogP contribution in [0.1, 0.15) is 21.6 Å². The van der Waals surface area contributed by atoms with Gasteiger partial charge in [0.1, 0.15) is 5.75 Å². The van der Waals surface area contributed by atoms with E-state index in [2.05, 4.69) is 25.4 Å². The van der Waals surface area contributed by atoms with Crippen LogP contribution in [0.3, 0.4) is 0 Å². The van der Waals surface area contributed by atoms with E-state index >= 15 is 0 Å². The van der Waals surface area contributed by atoms with E-state index in [1.807, 2.05) is 0 Å². The van der Waals surface area contributed by atoms with E-state index in [0.717, 1.165) is 16.4 Å². The normalized spacial score (nSPS) is 11.3. The Balaban J connectivity index is 1.28. The molecule has 0 radical (unpaired) electrons. The maximum absolute atomic E-state index is 13.6. The third-order valence-electron chi connectivity index (χ3n) is 5.53. The first-order valence-electron chi connectivity index (χ1n) is 11.5. The number of halogens is 3. The average Bonchev–Trinajstić information content (AvgIpc) is 3.42. The van der Waals surface area contributed by atoms with Crippen LogP contribution < -0.4 is 10.1 Å². The molecule has 3 aromatic heterocycles. The number of rotatable bonds is 7. The molecule has 12 heteroatoms. The van der Waals surface area contributed by atoms with Crippen LogP contribution in [0, 0.1) is 0 Å². The second-order valence-corrected chi connectivity index (χ2v) is 8.21. The van der Waals surface area contributed by atoms with E-state index in [9.17, 15) is 18.0 Å². The number of anilines is 1. The van der Waals surface area contributed by atoms with Gasteiger partial charge in [-0.05, 0) is 47.5 Å². The van der Waals surface area contributed by atoms with Crippen molar-refractivity contribution in [2.45, 2.75) is 12.8 Å². The molecule has 2 aromatic carbocycles. The summed E-state index contributed by atoms with van der Waals surface area (Å²) in [6.45, 7) is -0.0702. The van der Waals surface area contributed by atoms with Crippen molar-refractivity contribution in [2.24, 2.45) is 0 Å². The fraction of sp³-hybridized carbons (Fsp3) is 0.0741. The molecule has 3 heterocycles. The molecule has 2 N–H and O–H groups in total. The molecular weight excluding hydrogens is 513 g/mol. The Morgan fingerprint density at radius 3 is 2.26 bits per heavy atom. The summed E-state index contributed by atoms with van der Waals surface area (Å²) in [4.78, 5) is 25.1. The number of aromatic nitrogens is 5. The highest BCUT2D eigenvalue weighted by molar-refractivity contribution is 6.05. The Bertz CT molecular complexity index is 1570. The zero-order chi connectivity index (χ0) is 27.4. The fourth-order valence-corrected chi connectivity index (χ4v) is 3.59. The number of aliphatic hydroxyl groups is 1. The van der Waals surface area contributed by atoms with Gasteiger partial charge in [0, 0.05) is 36.0 Å². The number of carbonyl (C=O) groups excluding carboxylic acids is 1. The predicted molar refractivity (Wildman–Crippen MR) is 134 cm³/mol. The molecule has 0 atom stereocenters. The summed E-state index contributed by atoms with van der Waals surface area (Å²) in [6, 6.07) is 18.1. The molecule has 0 saturated heterocycles. The van der Waals surface area contributed by atoms with Crippen molar-refractivity contribution >= 4 is 11.6 Å². The Morgan fingerprint density at radius 1 is 0.923 bits per heavy atom. The Kier molecular flexibility index (Phi) is 7.02. The number of alkyl halides is 3. The number of pyridine rings is 1. The lowest BCUT2D eigenvalue weighted by Crippen LogP contribution is -2.17. The van der Waals surface area contributed by atoms with Crippen LogP contribution in [0.25, 0.3) is 16.9 Å². The molecule has 196 valence electrons. The highest BCUT2D eigenvalue weighted by atomic mass is 19.4. The molecule has 0 bridgehead atoms. The Morgan fingerprint density at radius 2 is 1.64 bits per heavy atom. The number of carbonyl (C=O) groups is 1. The number of nitrogens with zero attached hydrogens (tertiary/aromatic N) is 5. The number of hydrogen-bond donors (Lipinski definition) is 2. The summed E-state index contributed by atoms with van der Waals surface area (Å²) in [5, 5.41) is 15.1. The molecule has 9 nitrogen and oxygen atoms in total. The highest BCUT2D eigenvalue weighted by Crippen LogP contribution is 2.32. The number of nitrogens with one attached hydrogen (secondary N) is 1. The number of aliphatic hydroxyl groups excluding tert-OH is 1. The van der Waals surface area contributed by atoms with Gasteiger partial charge in [0.15, 0.2) is 11.5 Å². The summed E-state index contributed by atoms with van der Waals surface area (Å²) in [5.41, 5.74) is 0.462. The molecular formula is C27H19F3N6O3. The lowest BCUT2D eigenvalue weighted by Gasteiger charge is -2.08. The van der Waals surface area contributed by atoms with Gasteiger partial charge in [-0.2, -0.15) is 18.3 Å². The number of hydrogen-bond acceptors (Lipinski definition) is 7. The van der Waals surface area contributed by atoms with Crippen LogP contribution in [0.15, 0.2) is 91.5 Å².